The molecule has 0 aliphatic heterocycles. The monoisotopic (exact) mass is 376 g/mol. The number of rotatable bonds is 5. The summed E-state index contributed by atoms with van der Waals surface area (Å²) in [5, 5.41) is 3.98. The molecule has 0 bridgehead atoms. The fourth-order valence-electron chi connectivity index (χ4n) is 1.76. The molecule has 9 heteroatoms. The molecular weight excluding hydrogens is 363 g/mol. The third kappa shape index (κ3) is 3.80. The van der Waals surface area contributed by atoms with Crippen LogP contribution >= 0.6 is 15.9 Å². The zero-order chi connectivity index (χ0) is 15.6. The summed E-state index contributed by atoms with van der Waals surface area (Å²) in [4.78, 5) is -0.464. The van der Waals surface area contributed by atoms with E-state index in [9.17, 15) is 12.8 Å². The summed E-state index contributed by atoms with van der Waals surface area (Å²) in [6, 6.07) is 2.12. The average Bonchev–Trinajstić information content (AvgIpc) is 2.79. The number of sulfonamides is 1. The number of nitrogens with two attached hydrogens (primary N) is 1. The molecule has 21 heavy (non-hydrogen) atoms. The number of nitrogens with zero attached hydrogens (tertiary/aromatic N) is 2. The van der Waals surface area contributed by atoms with Gasteiger partial charge in [-0.3, -0.25) is 4.68 Å². The number of halogens is 2. The molecule has 0 unspecified atom stereocenters. The maximum atomic E-state index is 13.8. The minimum absolute atomic E-state index is 0.142. The number of hydrogen-bond donors (Lipinski definition) is 2. The second-order valence-electron chi connectivity index (χ2n) is 4.47. The molecule has 2 aromatic rings. The van der Waals surface area contributed by atoms with Crippen molar-refractivity contribution in [3.63, 3.8) is 0 Å². The molecule has 0 radical (unpaired) electrons. The van der Waals surface area contributed by atoms with Gasteiger partial charge in [0.1, 0.15) is 10.7 Å². The number of hydrogen-bond acceptors (Lipinski definition) is 4. The minimum Gasteiger partial charge on any atom is -0.398 e. The van der Waals surface area contributed by atoms with Crippen LogP contribution in [0.5, 0.6) is 0 Å². The van der Waals surface area contributed by atoms with Crippen LogP contribution in [-0.2, 0) is 23.5 Å². The van der Waals surface area contributed by atoms with Gasteiger partial charge in [-0.1, -0.05) is 0 Å². The van der Waals surface area contributed by atoms with Gasteiger partial charge in [0.25, 0.3) is 0 Å². The van der Waals surface area contributed by atoms with Crippen molar-refractivity contribution in [2.45, 2.75) is 11.3 Å². The lowest BCUT2D eigenvalue weighted by atomic mass is 10.3. The van der Waals surface area contributed by atoms with Gasteiger partial charge in [-0.05, 0) is 40.0 Å². The second-order valence-corrected chi connectivity index (χ2v) is 7.06. The van der Waals surface area contributed by atoms with E-state index < -0.39 is 20.7 Å². The standard InChI is InChI=1S/C12H14BrFN4O2S/c1-18-7-8(6-16-18)2-3-17-21(19,20)12-5-11(15)9(13)4-10(12)14/h4-7,17H,2-3,15H2,1H3. The smallest absolute Gasteiger partial charge is 0.243 e. The first-order chi connectivity index (χ1) is 9.79. The van der Waals surface area contributed by atoms with Gasteiger partial charge >= 0.3 is 0 Å². The Labute approximate surface area is 130 Å². The number of aryl methyl sites for hydroxylation is 1. The van der Waals surface area contributed by atoms with E-state index in [-0.39, 0.29) is 12.2 Å². The highest BCUT2D eigenvalue weighted by atomic mass is 79.9. The quantitative estimate of drug-likeness (QED) is 0.772. The van der Waals surface area contributed by atoms with Crippen LogP contribution in [0.2, 0.25) is 0 Å². The first-order valence-corrected chi connectivity index (χ1v) is 8.29. The summed E-state index contributed by atoms with van der Waals surface area (Å²) in [7, 11) is -2.18. The average molecular weight is 377 g/mol. The van der Waals surface area contributed by atoms with E-state index in [1.54, 1.807) is 24.1 Å². The molecular formula is C12H14BrFN4O2S. The van der Waals surface area contributed by atoms with Gasteiger partial charge in [-0.2, -0.15) is 5.10 Å². The summed E-state index contributed by atoms with van der Waals surface area (Å²) < 4.78 is 42.2. The summed E-state index contributed by atoms with van der Waals surface area (Å²) in [6.07, 6.45) is 3.89. The fraction of sp³-hybridized carbons (Fsp3) is 0.250. The first kappa shape index (κ1) is 15.9. The van der Waals surface area contributed by atoms with Gasteiger partial charge in [0.2, 0.25) is 10.0 Å². The number of benzene rings is 1. The Morgan fingerprint density at radius 2 is 2.19 bits per heavy atom. The Kier molecular flexibility index (Phi) is 4.64. The number of nitrogen functional groups attached to an aromatic ring is 1. The van der Waals surface area contributed by atoms with Gasteiger partial charge in [-0.15, -0.1) is 0 Å². The van der Waals surface area contributed by atoms with Gasteiger partial charge in [0.05, 0.1) is 6.20 Å². The van der Waals surface area contributed by atoms with Gasteiger partial charge in [-0.25, -0.2) is 17.5 Å². The van der Waals surface area contributed by atoms with Crippen molar-refractivity contribution < 1.29 is 12.8 Å². The third-order valence-electron chi connectivity index (χ3n) is 2.80. The van der Waals surface area contributed by atoms with E-state index >= 15 is 0 Å². The summed E-state index contributed by atoms with van der Waals surface area (Å²) >= 11 is 3.04. The Balaban J connectivity index is 2.10. The maximum Gasteiger partial charge on any atom is 0.243 e. The van der Waals surface area contributed by atoms with E-state index in [1.807, 2.05) is 0 Å². The van der Waals surface area contributed by atoms with E-state index in [0.717, 1.165) is 17.7 Å². The van der Waals surface area contributed by atoms with Crippen molar-refractivity contribution >= 4 is 31.6 Å². The highest BCUT2D eigenvalue weighted by Crippen LogP contribution is 2.25. The van der Waals surface area contributed by atoms with E-state index in [0.29, 0.717) is 10.9 Å². The van der Waals surface area contributed by atoms with Crippen molar-refractivity contribution in [2.24, 2.45) is 7.05 Å². The van der Waals surface area contributed by atoms with Crippen LogP contribution in [0.1, 0.15) is 5.56 Å². The van der Waals surface area contributed by atoms with Crippen molar-refractivity contribution in [3.05, 3.63) is 40.4 Å². The van der Waals surface area contributed by atoms with Crippen LogP contribution in [0.3, 0.4) is 0 Å². The Morgan fingerprint density at radius 3 is 2.81 bits per heavy atom. The lowest BCUT2D eigenvalue weighted by molar-refractivity contribution is 0.557. The Hall–Kier alpha value is -1.45. The molecule has 1 aromatic heterocycles. The third-order valence-corrected chi connectivity index (χ3v) is 4.97. The molecule has 1 heterocycles. The molecule has 0 saturated heterocycles. The molecule has 0 fully saturated rings. The van der Waals surface area contributed by atoms with Gasteiger partial charge in [0, 0.05) is 29.9 Å². The van der Waals surface area contributed by atoms with Crippen LogP contribution in [0.25, 0.3) is 0 Å². The van der Waals surface area contributed by atoms with Crippen molar-refractivity contribution in [2.75, 3.05) is 12.3 Å². The summed E-state index contributed by atoms with van der Waals surface area (Å²) in [6.45, 7) is 0.142. The molecule has 6 nitrogen and oxygen atoms in total. The maximum absolute atomic E-state index is 13.8. The molecule has 0 spiro atoms. The SMILES string of the molecule is Cn1cc(CCNS(=O)(=O)c2cc(N)c(Br)cc2F)cn1. The molecule has 0 atom stereocenters. The predicted molar refractivity (Wildman–Crippen MR) is 80.6 cm³/mol. The summed E-state index contributed by atoms with van der Waals surface area (Å²) in [5.41, 5.74) is 6.63. The second kappa shape index (κ2) is 6.12. The van der Waals surface area contributed by atoms with Crippen LogP contribution in [0.4, 0.5) is 10.1 Å². The highest BCUT2D eigenvalue weighted by Gasteiger charge is 2.20. The molecule has 1 aromatic carbocycles. The molecule has 0 aliphatic carbocycles. The number of aromatic nitrogens is 2. The van der Waals surface area contributed by atoms with E-state index in [2.05, 4.69) is 25.8 Å². The zero-order valence-electron chi connectivity index (χ0n) is 11.2. The van der Waals surface area contributed by atoms with Crippen LogP contribution in [0, 0.1) is 5.82 Å². The highest BCUT2D eigenvalue weighted by molar-refractivity contribution is 9.10. The minimum atomic E-state index is -3.95. The number of anilines is 1. The van der Waals surface area contributed by atoms with E-state index in [1.165, 1.54) is 0 Å². The van der Waals surface area contributed by atoms with Crippen LogP contribution in [0.15, 0.2) is 33.9 Å². The number of nitrogens with one attached hydrogen (secondary N) is 1. The van der Waals surface area contributed by atoms with Crippen molar-refractivity contribution in [3.8, 4) is 0 Å². The summed E-state index contributed by atoms with van der Waals surface area (Å²) in [5.74, 6) is -0.857. The normalized spacial score (nSPS) is 11.8. The van der Waals surface area contributed by atoms with Crippen molar-refractivity contribution in [1.29, 1.82) is 0 Å². The molecule has 0 amide bonds. The molecule has 3 N–H and O–H groups in total. The molecule has 0 aliphatic rings. The van der Waals surface area contributed by atoms with Crippen LogP contribution in [-0.4, -0.2) is 24.7 Å². The predicted octanol–water partition coefficient (Wildman–Crippen LogP) is 1.42. The fourth-order valence-corrected chi connectivity index (χ4v) is 3.20. The molecule has 0 saturated carbocycles. The van der Waals surface area contributed by atoms with Crippen molar-refractivity contribution in [1.82, 2.24) is 14.5 Å². The topological polar surface area (TPSA) is 90.0 Å². The van der Waals surface area contributed by atoms with Gasteiger partial charge in [0.15, 0.2) is 0 Å². The first-order valence-electron chi connectivity index (χ1n) is 6.01. The largest absolute Gasteiger partial charge is 0.398 e. The lowest BCUT2D eigenvalue weighted by Crippen LogP contribution is -2.27. The Bertz CT molecular complexity index is 761. The van der Waals surface area contributed by atoms with Crippen LogP contribution < -0.4 is 10.5 Å². The van der Waals surface area contributed by atoms with Gasteiger partial charge < -0.3 is 5.73 Å². The molecule has 2 rings (SSSR count). The molecule has 114 valence electrons. The zero-order valence-corrected chi connectivity index (χ0v) is 13.6. The Morgan fingerprint density at radius 1 is 1.48 bits per heavy atom. The van der Waals surface area contributed by atoms with E-state index in [4.69, 9.17) is 5.73 Å². The lowest BCUT2D eigenvalue weighted by Gasteiger charge is -2.09.